The molecule has 0 aliphatic carbocycles. The Labute approximate surface area is 130 Å². The second-order valence-electron chi connectivity index (χ2n) is 4.54. The van der Waals surface area contributed by atoms with Crippen LogP contribution in [0.4, 0.5) is 5.69 Å². The molecular formula is C15H13BrN2O3. The number of para-hydroxylation sites is 1. The third-order valence-corrected chi connectivity index (χ3v) is 3.56. The van der Waals surface area contributed by atoms with Crippen molar-refractivity contribution in [3.05, 3.63) is 73.7 Å². The van der Waals surface area contributed by atoms with E-state index in [1.807, 2.05) is 24.3 Å². The molecule has 0 fully saturated rings. The van der Waals surface area contributed by atoms with E-state index in [0.717, 1.165) is 10.0 Å². The normalized spacial score (nSPS) is 10.2. The summed E-state index contributed by atoms with van der Waals surface area (Å²) in [6, 6.07) is 12.2. The first-order valence-corrected chi connectivity index (χ1v) is 7.05. The SMILES string of the molecule is Cc1cccc(C(=O)NCc2ccc(Br)cc2)c1[N+](=O)[O-]. The summed E-state index contributed by atoms with van der Waals surface area (Å²) in [6.07, 6.45) is 0. The lowest BCUT2D eigenvalue weighted by molar-refractivity contribution is -0.385. The molecule has 2 rings (SSSR count). The Morgan fingerprint density at radius 3 is 2.52 bits per heavy atom. The first kappa shape index (κ1) is 15.2. The van der Waals surface area contributed by atoms with Gasteiger partial charge < -0.3 is 5.32 Å². The Balaban J connectivity index is 2.16. The lowest BCUT2D eigenvalue weighted by Crippen LogP contribution is -2.23. The molecule has 0 aromatic heterocycles. The summed E-state index contributed by atoms with van der Waals surface area (Å²) in [6.45, 7) is 1.93. The van der Waals surface area contributed by atoms with Gasteiger partial charge in [0.1, 0.15) is 5.56 Å². The van der Waals surface area contributed by atoms with E-state index in [0.29, 0.717) is 12.1 Å². The summed E-state index contributed by atoms with van der Waals surface area (Å²) in [5.74, 6) is -0.451. The maximum absolute atomic E-state index is 12.1. The Morgan fingerprint density at radius 1 is 1.24 bits per heavy atom. The zero-order valence-electron chi connectivity index (χ0n) is 11.3. The maximum Gasteiger partial charge on any atom is 0.285 e. The van der Waals surface area contributed by atoms with Gasteiger partial charge in [0.05, 0.1) is 4.92 Å². The number of aryl methyl sites for hydroxylation is 1. The van der Waals surface area contributed by atoms with E-state index >= 15 is 0 Å². The third-order valence-electron chi connectivity index (χ3n) is 3.03. The summed E-state index contributed by atoms with van der Waals surface area (Å²) in [5.41, 5.74) is 1.32. The number of amides is 1. The van der Waals surface area contributed by atoms with Gasteiger partial charge in [0.25, 0.3) is 11.6 Å². The molecule has 0 atom stereocenters. The lowest BCUT2D eigenvalue weighted by atomic mass is 10.1. The number of rotatable bonds is 4. The molecule has 0 saturated heterocycles. The molecule has 1 N–H and O–H groups in total. The molecule has 0 aliphatic rings. The molecule has 21 heavy (non-hydrogen) atoms. The molecule has 0 saturated carbocycles. The number of nitrogens with one attached hydrogen (secondary N) is 1. The van der Waals surface area contributed by atoms with E-state index in [-0.39, 0.29) is 11.3 Å². The maximum atomic E-state index is 12.1. The quantitative estimate of drug-likeness (QED) is 0.677. The molecule has 0 bridgehead atoms. The number of carbonyl (C=O) groups excluding carboxylic acids is 1. The molecule has 0 spiro atoms. The van der Waals surface area contributed by atoms with E-state index in [1.54, 1.807) is 19.1 Å². The van der Waals surface area contributed by atoms with Crippen molar-refractivity contribution >= 4 is 27.5 Å². The zero-order valence-corrected chi connectivity index (χ0v) is 12.9. The van der Waals surface area contributed by atoms with E-state index < -0.39 is 10.8 Å². The van der Waals surface area contributed by atoms with E-state index in [2.05, 4.69) is 21.2 Å². The van der Waals surface area contributed by atoms with Crippen molar-refractivity contribution in [2.45, 2.75) is 13.5 Å². The van der Waals surface area contributed by atoms with Gasteiger partial charge in [0.15, 0.2) is 0 Å². The van der Waals surface area contributed by atoms with Crippen LogP contribution < -0.4 is 5.32 Å². The van der Waals surface area contributed by atoms with Crippen molar-refractivity contribution in [3.8, 4) is 0 Å². The molecule has 2 aromatic rings. The zero-order chi connectivity index (χ0) is 15.4. The minimum atomic E-state index is -0.524. The number of nitro benzene ring substituents is 1. The van der Waals surface area contributed by atoms with Crippen molar-refractivity contribution in [1.29, 1.82) is 0 Å². The highest BCUT2D eigenvalue weighted by Crippen LogP contribution is 2.23. The van der Waals surface area contributed by atoms with Crippen LogP contribution >= 0.6 is 15.9 Å². The highest BCUT2D eigenvalue weighted by Gasteiger charge is 2.21. The predicted octanol–water partition coefficient (Wildman–Crippen LogP) is 3.60. The molecule has 0 aliphatic heterocycles. The second kappa shape index (κ2) is 6.49. The Bertz CT molecular complexity index is 684. The first-order chi connectivity index (χ1) is 9.99. The van der Waals surface area contributed by atoms with Crippen LogP contribution in [-0.4, -0.2) is 10.8 Å². The molecule has 2 aromatic carbocycles. The van der Waals surface area contributed by atoms with Gasteiger partial charge in [-0.1, -0.05) is 40.2 Å². The fourth-order valence-corrected chi connectivity index (χ4v) is 2.23. The number of hydrogen-bond acceptors (Lipinski definition) is 3. The lowest BCUT2D eigenvalue weighted by Gasteiger charge is -2.07. The Morgan fingerprint density at radius 2 is 1.90 bits per heavy atom. The van der Waals surface area contributed by atoms with Gasteiger partial charge >= 0.3 is 0 Å². The molecule has 1 amide bonds. The summed E-state index contributed by atoms with van der Waals surface area (Å²) < 4.78 is 0.951. The number of hydrogen-bond donors (Lipinski definition) is 1. The van der Waals surface area contributed by atoms with Crippen molar-refractivity contribution in [3.63, 3.8) is 0 Å². The van der Waals surface area contributed by atoms with Crippen molar-refractivity contribution in [2.75, 3.05) is 0 Å². The summed E-state index contributed by atoms with van der Waals surface area (Å²) >= 11 is 3.33. The van der Waals surface area contributed by atoms with Gasteiger partial charge in [-0.05, 0) is 30.7 Å². The molecule has 0 heterocycles. The summed E-state index contributed by atoms with van der Waals surface area (Å²) in [5, 5.41) is 13.8. The van der Waals surface area contributed by atoms with Gasteiger partial charge in [-0.25, -0.2) is 0 Å². The van der Waals surface area contributed by atoms with Crippen molar-refractivity contribution in [2.24, 2.45) is 0 Å². The smallest absolute Gasteiger partial charge is 0.285 e. The van der Waals surface area contributed by atoms with Gasteiger partial charge in [-0.2, -0.15) is 0 Å². The van der Waals surface area contributed by atoms with Crippen LogP contribution in [0.3, 0.4) is 0 Å². The topological polar surface area (TPSA) is 72.2 Å². The van der Waals surface area contributed by atoms with Crippen LogP contribution in [0.2, 0.25) is 0 Å². The number of halogens is 1. The minimum Gasteiger partial charge on any atom is -0.348 e. The van der Waals surface area contributed by atoms with Crippen LogP contribution in [0, 0.1) is 17.0 Å². The Hall–Kier alpha value is -2.21. The largest absolute Gasteiger partial charge is 0.348 e. The number of carbonyl (C=O) groups is 1. The molecule has 108 valence electrons. The van der Waals surface area contributed by atoms with Gasteiger partial charge in [-0.3, -0.25) is 14.9 Å². The van der Waals surface area contributed by atoms with Crippen LogP contribution in [0.5, 0.6) is 0 Å². The van der Waals surface area contributed by atoms with Crippen molar-refractivity contribution < 1.29 is 9.72 Å². The average Bonchev–Trinajstić information content (AvgIpc) is 2.45. The molecule has 0 radical (unpaired) electrons. The van der Waals surface area contributed by atoms with Gasteiger partial charge in [0, 0.05) is 16.6 Å². The second-order valence-corrected chi connectivity index (χ2v) is 5.45. The van der Waals surface area contributed by atoms with E-state index in [4.69, 9.17) is 0 Å². The summed E-state index contributed by atoms with van der Waals surface area (Å²) in [4.78, 5) is 22.7. The number of benzene rings is 2. The highest BCUT2D eigenvalue weighted by molar-refractivity contribution is 9.10. The number of nitro groups is 1. The highest BCUT2D eigenvalue weighted by atomic mass is 79.9. The minimum absolute atomic E-state index is 0.0807. The van der Waals surface area contributed by atoms with E-state index in [1.165, 1.54) is 6.07 Å². The fraction of sp³-hybridized carbons (Fsp3) is 0.133. The third kappa shape index (κ3) is 3.66. The van der Waals surface area contributed by atoms with Gasteiger partial charge in [0.2, 0.25) is 0 Å². The van der Waals surface area contributed by atoms with Gasteiger partial charge in [-0.15, -0.1) is 0 Å². The molecule has 6 heteroatoms. The molecule has 5 nitrogen and oxygen atoms in total. The number of nitrogens with zero attached hydrogens (tertiary/aromatic N) is 1. The summed E-state index contributed by atoms with van der Waals surface area (Å²) in [7, 11) is 0. The predicted molar refractivity (Wildman–Crippen MR) is 83.1 cm³/mol. The van der Waals surface area contributed by atoms with Crippen LogP contribution in [-0.2, 0) is 6.54 Å². The van der Waals surface area contributed by atoms with E-state index in [9.17, 15) is 14.9 Å². The fourth-order valence-electron chi connectivity index (χ4n) is 1.96. The van der Waals surface area contributed by atoms with Crippen LogP contribution in [0.1, 0.15) is 21.5 Å². The monoisotopic (exact) mass is 348 g/mol. The Kier molecular flexibility index (Phi) is 4.70. The standard InChI is InChI=1S/C15H13BrN2O3/c1-10-3-2-4-13(14(10)18(20)21)15(19)17-9-11-5-7-12(16)8-6-11/h2-8H,9H2,1H3,(H,17,19). The van der Waals surface area contributed by atoms with Crippen LogP contribution in [0.25, 0.3) is 0 Å². The van der Waals surface area contributed by atoms with Crippen LogP contribution in [0.15, 0.2) is 46.9 Å². The molecular weight excluding hydrogens is 336 g/mol. The average molecular weight is 349 g/mol. The molecule has 0 unspecified atom stereocenters. The first-order valence-electron chi connectivity index (χ1n) is 6.25. The van der Waals surface area contributed by atoms with Crippen molar-refractivity contribution in [1.82, 2.24) is 5.32 Å².